The summed E-state index contributed by atoms with van der Waals surface area (Å²) in [6.45, 7) is 0. The van der Waals surface area contributed by atoms with Gasteiger partial charge in [0.15, 0.2) is 5.82 Å². The van der Waals surface area contributed by atoms with E-state index in [0.717, 1.165) is 16.9 Å². The van der Waals surface area contributed by atoms with Crippen molar-refractivity contribution in [1.29, 1.82) is 0 Å². The number of benzene rings is 2. The summed E-state index contributed by atoms with van der Waals surface area (Å²) >= 11 is 7.31. The fourth-order valence-corrected chi connectivity index (χ4v) is 3.12. The lowest BCUT2D eigenvalue weighted by atomic mass is 10.2. The second-order valence-electron chi connectivity index (χ2n) is 5.50. The molecular weight excluding hydrogens is 386 g/mol. The first-order chi connectivity index (χ1) is 13.2. The molecule has 0 aliphatic rings. The summed E-state index contributed by atoms with van der Waals surface area (Å²) in [5, 5.41) is 16.6. The molecule has 2 heterocycles. The normalized spacial score (nSPS) is 10.9. The molecule has 0 radical (unpaired) electrons. The Kier molecular flexibility index (Phi) is 5.08. The molecule has 0 fully saturated rings. The number of ether oxygens (including phenoxy) is 1. The predicted octanol–water partition coefficient (Wildman–Crippen LogP) is 4.48. The highest BCUT2D eigenvalue weighted by molar-refractivity contribution is 7.98. The van der Waals surface area contributed by atoms with E-state index in [1.807, 2.05) is 48.5 Å². The zero-order chi connectivity index (χ0) is 18.6. The number of halogens is 1. The first-order valence-electron chi connectivity index (χ1n) is 7.99. The zero-order valence-corrected chi connectivity index (χ0v) is 15.8. The van der Waals surface area contributed by atoms with E-state index in [9.17, 15) is 0 Å². The van der Waals surface area contributed by atoms with Crippen LogP contribution in [0.2, 0.25) is 5.02 Å². The molecule has 2 aromatic carbocycles. The third-order valence-electron chi connectivity index (χ3n) is 3.69. The number of nitrogens with zero attached hydrogens (tertiary/aromatic N) is 4. The smallest absolute Gasteiger partial charge is 0.247 e. The van der Waals surface area contributed by atoms with Gasteiger partial charge in [0.1, 0.15) is 5.75 Å². The lowest BCUT2D eigenvalue weighted by molar-refractivity contribution is 0.414. The molecule has 0 atom stereocenters. The molecule has 0 unspecified atom stereocenters. The van der Waals surface area contributed by atoms with E-state index in [1.54, 1.807) is 7.11 Å². The number of hydrogen-bond acceptors (Lipinski definition) is 7. The van der Waals surface area contributed by atoms with Crippen molar-refractivity contribution in [1.82, 2.24) is 25.4 Å². The maximum atomic E-state index is 5.90. The minimum Gasteiger partial charge on any atom is -0.497 e. The minimum atomic E-state index is 0.446. The highest BCUT2D eigenvalue weighted by atomic mass is 35.5. The second-order valence-corrected chi connectivity index (χ2v) is 6.87. The number of nitrogens with one attached hydrogen (secondary N) is 1. The van der Waals surface area contributed by atoms with Crippen LogP contribution in [0, 0.1) is 0 Å². The van der Waals surface area contributed by atoms with Crippen LogP contribution in [-0.4, -0.2) is 32.5 Å². The van der Waals surface area contributed by atoms with E-state index >= 15 is 0 Å². The van der Waals surface area contributed by atoms with Crippen LogP contribution in [0.15, 0.2) is 58.1 Å². The summed E-state index contributed by atoms with van der Waals surface area (Å²) in [6, 6.07) is 14.9. The van der Waals surface area contributed by atoms with Gasteiger partial charge in [0.05, 0.1) is 12.9 Å². The van der Waals surface area contributed by atoms with Crippen molar-refractivity contribution in [3.63, 3.8) is 0 Å². The zero-order valence-electron chi connectivity index (χ0n) is 14.2. The molecular formula is C18H14ClN5O2S. The fraction of sp³-hybridized carbons (Fsp3) is 0.111. The highest BCUT2D eigenvalue weighted by Crippen LogP contribution is 2.26. The van der Waals surface area contributed by atoms with Crippen LogP contribution >= 0.6 is 23.4 Å². The van der Waals surface area contributed by atoms with E-state index in [2.05, 4.69) is 25.4 Å². The van der Waals surface area contributed by atoms with Gasteiger partial charge in [0.2, 0.25) is 16.9 Å². The number of aromatic amines is 1. The quantitative estimate of drug-likeness (QED) is 0.478. The molecule has 0 saturated carbocycles. The molecule has 4 aromatic rings. The molecule has 0 spiro atoms. The van der Waals surface area contributed by atoms with Crippen molar-refractivity contribution in [2.24, 2.45) is 0 Å². The summed E-state index contributed by atoms with van der Waals surface area (Å²) in [7, 11) is 1.62. The molecule has 0 bridgehead atoms. The van der Waals surface area contributed by atoms with Gasteiger partial charge in [0, 0.05) is 16.1 Å². The monoisotopic (exact) mass is 399 g/mol. The van der Waals surface area contributed by atoms with Crippen molar-refractivity contribution >= 4 is 23.4 Å². The van der Waals surface area contributed by atoms with Crippen molar-refractivity contribution in [2.45, 2.75) is 10.9 Å². The standard InChI is InChI=1S/C18H14ClN5O2S/c1-25-14-4-2-3-12(9-14)17-23-21-15(26-17)10-27-18-20-16(22-24-18)11-5-7-13(19)8-6-11/h2-9H,10H2,1H3,(H,20,22,24). The summed E-state index contributed by atoms with van der Waals surface area (Å²) in [5.74, 6) is 2.82. The van der Waals surface area contributed by atoms with Crippen molar-refractivity contribution < 1.29 is 9.15 Å². The number of methoxy groups -OCH3 is 1. The number of aromatic nitrogens is 5. The Bertz CT molecular complexity index is 1050. The predicted molar refractivity (Wildman–Crippen MR) is 103 cm³/mol. The van der Waals surface area contributed by atoms with E-state index in [1.165, 1.54) is 11.8 Å². The lowest BCUT2D eigenvalue weighted by Gasteiger charge is -2.00. The van der Waals surface area contributed by atoms with Gasteiger partial charge in [-0.3, -0.25) is 5.10 Å². The van der Waals surface area contributed by atoms with Gasteiger partial charge >= 0.3 is 0 Å². The molecule has 136 valence electrons. The van der Waals surface area contributed by atoms with Crippen molar-refractivity contribution in [2.75, 3.05) is 7.11 Å². The number of H-pyrrole nitrogens is 1. The molecule has 7 nitrogen and oxygen atoms in total. The van der Waals surface area contributed by atoms with Gasteiger partial charge in [-0.15, -0.1) is 15.3 Å². The first-order valence-corrected chi connectivity index (χ1v) is 9.35. The van der Waals surface area contributed by atoms with Gasteiger partial charge < -0.3 is 9.15 Å². The second kappa shape index (κ2) is 7.81. The summed E-state index contributed by atoms with van der Waals surface area (Å²) in [4.78, 5) is 4.46. The maximum Gasteiger partial charge on any atom is 0.247 e. The molecule has 4 rings (SSSR count). The van der Waals surface area contributed by atoms with Crippen LogP contribution in [0.25, 0.3) is 22.8 Å². The summed E-state index contributed by atoms with van der Waals surface area (Å²) in [5.41, 5.74) is 1.72. The third kappa shape index (κ3) is 4.12. The molecule has 1 N–H and O–H groups in total. The van der Waals surface area contributed by atoms with Crippen molar-refractivity contribution in [3.05, 3.63) is 59.4 Å². The van der Waals surface area contributed by atoms with Gasteiger partial charge in [-0.1, -0.05) is 29.4 Å². The van der Waals surface area contributed by atoms with Crippen LogP contribution in [0.4, 0.5) is 0 Å². The van der Waals surface area contributed by atoms with Crippen LogP contribution in [0.3, 0.4) is 0 Å². The highest BCUT2D eigenvalue weighted by Gasteiger charge is 2.12. The Morgan fingerprint density at radius 2 is 1.96 bits per heavy atom. The Labute approximate surface area is 164 Å². The van der Waals surface area contributed by atoms with Crippen LogP contribution in [0.1, 0.15) is 5.89 Å². The average Bonchev–Trinajstić information content (AvgIpc) is 3.37. The minimum absolute atomic E-state index is 0.446. The van der Waals surface area contributed by atoms with Gasteiger partial charge in [0.25, 0.3) is 0 Å². The lowest BCUT2D eigenvalue weighted by Crippen LogP contribution is -1.83. The molecule has 2 aromatic heterocycles. The fourth-order valence-electron chi connectivity index (χ4n) is 2.36. The Morgan fingerprint density at radius 3 is 2.78 bits per heavy atom. The SMILES string of the molecule is COc1cccc(-c2nnc(CSc3n[nH]c(-c4ccc(Cl)cc4)n3)o2)c1. The van der Waals surface area contributed by atoms with Crippen LogP contribution < -0.4 is 4.74 Å². The van der Waals surface area contributed by atoms with E-state index in [4.69, 9.17) is 20.8 Å². The van der Waals surface area contributed by atoms with Gasteiger partial charge in [-0.2, -0.15) is 0 Å². The van der Waals surface area contributed by atoms with E-state index in [-0.39, 0.29) is 0 Å². The Balaban J connectivity index is 1.42. The summed E-state index contributed by atoms with van der Waals surface area (Å²) in [6.07, 6.45) is 0. The number of thioether (sulfide) groups is 1. The molecule has 27 heavy (non-hydrogen) atoms. The Hall–Kier alpha value is -2.84. The molecule has 0 amide bonds. The van der Waals surface area contributed by atoms with Crippen molar-refractivity contribution in [3.8, 4) is 28.6 Å². The molecule has 9 heteroatoms. The average molecular weight is 400 g/mol. The topological polar surface area (TPSA) is 89.7 Å². The number of rotatable bonds is 6. The largest absolute Gasteiger partial charge is 0.497 e. The summed E-state index contributed by atoms with van der Waals surface area (Å²) < 4.78 is 10.9. The van der Waals surface area contributed by atoms with E-state index in [0.29, 0.717) is 33.5 Å². The van der Waals surface area contributed by atoms with Crippen LogP contribution in [-0.2, 0) is 5.75 Å². The molecule has 0 saturated heterocycles. The molecule has 0 aliphatic heterocycles. The van der Waals surface area contributed by atoms with Gasteiger partial charge in [-0.05, 0) is 42.5 Å². The number of hydrogen-bond donors (Lipinski definition) is 1. The molecule has 0 aliphatic carbocycles. The van der Waals surface area contributed by atoms with Gasteiger partial charge in [-0.25, -0.2) is 4.98 Å². The first kappa shape index (κ1) is 17.6. The Morgan fingerprint density at radius 1 is 1.11 bits per heavy atom. The van der Waals surface area contributed by atoms with E-state index < -0.39 is 0 Å². The maximum absolute atomic E-state index is 5.90. The van der Waals surface area contributed by atoms with Crippen LogP contribution in [0.5, 0.6) is 5.75 Å². The third-order valence-corrected chi connectivity index (χ3v) is 4.77.